The second-order valence-corrected chi connectivity index (χ2v) is 12.6. The number of carbonyl (C=O) groups excluding carboxylic acids is 2. The van der Waals surface area contributed by atoms with Crippen molar-refractivity contribution in [1.82, 2.24) is 25.2 Å². The van der Waals surface area contributed by atoms with Gasteiger partial charge in [-0.2, -0.15) is 0 Å². The number of pyridine rings is 2. The van der Waals surface area contributed by atoms with E-state index in [2.05, 4.69) is 37.3 Å². The summed E-state index contributed by atoms with van der Waals surface area (Å²) in [4.78, 5) is 41.4. The van der Waals surface area contributed by atoms with Crippen molar-refractivity contribution >= 4 is 51.1 Å². The van der Waals surface area contributed by atoms with Gasteiger partial charge >= 0.3 is 6.09 Å². The number of hydrogen-bond acceptors (Lipinski definition) is 6. The third-order valence-corrected chi connectivity index (χ3v) is 8.04. The molecule has 2 N–H and O–H groups in total. The van der Waals surface area contributed by atoms with E-state index >= 15 is 0 Å². The van der Waals surface area contributed by atoms with Crippen LogP contribution in [-0.4, -0.2) is 63.6 Å². The molecule has 9 nitrogen and oxygen atoms in total. The summed E-state index contributed by atoms with van der Waals surface area (Å²) in [5.74, 6) is -0.744. The van der Waals surface area contributed by atoms with Crippen molar-refractivity contribution in [1.29, 1.82) is 0 Å². The number of nitrogens with one attached hydrogen (secondary N) is 2. The lowest BCUT2D eigenvalue weighted by molar-refractivity contribution is 0.0240. The van der Waals surface area contributed by atoms with Crippen LogP contribution in [0, 0.1) is 5.82 Å². The van der Waals surface area contributed by atoms with Crippen LogP contribution in [0.4, 0.5) is 14.9 Å². The highest BCUT2D eigenvalue weighted by Gasteiger charge is 2.26. The van der Waals surface area contributed by atoms with Gasteiger partial charge in [-0.15, -0.1) is 0 Å². The molecule has 0 spiro atoms. The molecule has 2 aromatic carbocycles. The minimum atomic E-state index is -0.521. The van der Waals surface area contributed by atoms with Gasteiger partial charge in [-0.25, -0.2) is 9.18 Å². The summed E-state index contributed by atoms with van der Waals surface area (Å²) < 4.78 is 20.1. The predicted molar refractivity (Wildman–Crippen MR) is 191 cm³/mol. The van der Waals surface area contributed by atoms with E-state index in [1.165, 1.54) is 6.07 Å². The van der Waals surface area contributed by atoms with Crippen molar-refractivity contribution in [2.75, 3.05) is 31.1 Å². The molecule has 0 unspecified atom stereocenters. The largest absolute Gasteiger partial charge is 0.444 e. The van der Waals surface area contributed by atoms with Crippen LogP contribution < -0.4 is 10.2 Å². The Bertz CT molecular complexity index is 1900. The number of amides is 2. The van der Waals surface area contributed by atoms with Gasteiger partial charge in [-0.05, 0) is 68.8 Å². The SMILES string of the molecule is C.CC.CC(C)(C)OC(=O)N1CCN(c2cnc3ccc(Cc4cc(C(=O)NCc5cc6c(Cl)c[nH]c6cc5F)ccn4)cc3c2)CC1. The van der Waals surface area contributed by atoms with Crippen molar-refractivity contribution in [3.8, 4) is 0 Å². The van der Waals surface area contributed by atoms with E-state index in [0.717, 1.165) is 27.8 Å². The van der Waals surface area contributed by atoms with Crippen molar-refractivity contribution in [3.05, 3.63) is 100 Å². The normalized spacial score (nSPS) is 13.1. The van der Waals surface area contributed by atoms with Gasteiger partial charge in [0.25, 0.3) is 5.91 Å². The molecule has 4 heterocycles. The first-order chi connectivity index (χ1) is 22.5. The van der Waals surface area contributed by atoms with Gasteiger partial charge in [-0.3, -0.25) is 14.8 Å². The van der Waals surface area contributed by atoms with E-state index in [9.17, 15) is 14.0 Å². The van der Waals surface area contributed by atoms with Crippen molar-refractivity contribution in [3.63, 3.8) is 0 Å². The number of aromatic nitrogens is 3. The lowest BCUT2D eigenvalue weighted by Gasteiger charge is -2.36. The van der Waals surface area contributed by atoms with Crippen LogP contribution in [0.25, 0.3) is 21.8 Å². The molecule has 0 atom stereocenters. The third-order valence-electron chi connectivity index (χ3n) is 7.73. The number of rotatable bonds is 6. The number of benzene rings is 2. The average Bonchev–Trinajstić information content (AvgIpc) is 3.42. The number of hydrogen-bond donors (Lipinski definition) is 2. The van der Waals surface area contributed by atoms with Gasteiger partial charge in [0, 0.05) is 84.6 Å². The molecule has 0 aliphatic carbocycles. The molecule has 11 heteroatoms. The van der Waals surface area contributed by atoms with E-state index in [4.69, 9.17) is 16.3 Å². The summed E-state index contributed by atoms with van der Waals surface area (Å²) in [6.45, 7) is 12.2. The van der Waals surface area contributed by atoms with Crippen LogP contribution in [0.15, 0.2) is 67.1 Å². The molecule has 0 saturated carbocycles. The smallest absolute Gasteiger partial charge is 0.410 e. The molecule has 1 aliphatic rings. The average molecular weight is 675 g/mol. The minimum absolute atomic E-state index is 0. The van der Waals surface area contributed by atoms with E-state index in [1.54, 1.807) is 35.5 Å². The Balaban J connectivity index is 0.00000170. The lowest BCUT2D eigenvalue weighted by Crippen LogP contribution is -2.50. The zero-order valence-corrected chi connectivity index (χ0v) is 28.1. The highest BCUT2D eigenvalue weighted by Crippen LogP contribution is 2.26. The summed E-state index contributed by atoms with van der Waals surface area (Å²) in [5, 5.41) is 4.99. The monoisotopic (exact) mass is 674 g/mol. The second-order valence-electron chi connectivity index (χ2n) is 12.2. The minimum Gasteiger partial charge on any atom is -0.444 e. The van der Waals surface area contributed by atoms with Crippen LogP contribution in [0.5, 0.6) is 0 Å². The molecular formula is C37H44ClFN6O3. The van der Waals surface area contributed by atoms with E-state index in [1.807, 2.05) is 52.9 Å². The highest BCUT2D eigenvalue weighted by atomic mass is 35.5. The van der Waals surface area contributed by atoms with Crippen LogP contribution in [0.3, 0.4) is 0 Å². The Labute approximate surface area is 286 Å². The van der Waals surface area contributed by atoms with E-state index in [-0.39, 0.29) is 26.0 Å². The maximum absolute atomic E-state index is 14.6. The molecule has 0 bridgehead atoms. The number of nitrogens with zero attached hydrogens (tertiary/aromatic N) is 4. The fourth-order valence-corrected chi connectivity index (χ4v) is 5.63. The molecule has 254 valence electrons. The van der Waals surface area contributed by atoms with E-state index < -0.39 is 11.4 Å². The van der Waals surface area contributed by atoms with Crippen LogP contribution >= 0.6 is 11.6 Å². The topological polar surface area (TPSA) is 103 Å². The Kier molecular flexibility index (Phi) is 11.6. The summed E-state index contributed by atoms with van der Waals surface area (Å²) >= 11 is 6.18. The quantitative estimate of drug-likeness (QED) is 0.188. The molecule has 5 aromatic rings. The second kappa shape index (κ2) is 15.5. The molecule has 2 amide bonds. The lowest BCUT2D eigenvalue weighted by atomic mass is 10.0. The Morgan fingerprint density at radius 1 is 1.02 bits per heavy atom. The standard InChI is InChI=1S/C34H34ClFN6O3.C2H6.CH4/c1-34(2,3)45-33(44)42-10-8-41(9-11-42)26-15-23-12-21(4-5-30(23)38-19-26)13-25-14-22(6-7-37-25)32(43)40-18-24-16-27-28(35)20-39-31(27)17-29(24)36;1-2;/h4-7,12,14-17,19-20,39H,8-11,13,18H2,1-3H3,(H,40,43);1-2H3;1H4. The molecule has 3 aromatic heterocycles. The zero-order valence-electron chi connectivity index (χ0n) is 27.4. The van der Waals surface area contributed by atoms with Gasteiger partial charge in [0.2, 0.25) is 0 Å². The fraction of sp³-hybridized carbons (Fsp3) is 0.351. The number of piperazine rings is 1. The van der Waals surface area contributed by atoms with Gasteiger partial charge in [0.15, 0.2) is 0 Å². The number of anilines is 1. The molecule has 1 aliphatic heterocycles. The Morgan fingerprint density at radius 2 is 1.77 bits per heavy atom. The number of ether oxygens (including phenoxy) is 1. The summed E-state index contributed by atoms with van der Waals surface area (Å²) in [5.41, 5.74) is 4.50. The van der Waals surface area contributed by atoms with Crippen LogP contribution in [0.1, 0.15) is 69.2 Å². The third kappa shape index (κ3) is 8.60. The van der Waals surface area contributed by atoms with Crippen molar-refractivity contribution in [2.45, 2.75) is 60.6 Å². The number of H-pyrrole nitrogens is 1. The first-order valence-corrected chi connectivity index (χ1v) is 16.2. The summed E-state index contributed by atoms with van der Waals surface area (Å²) in [6, 6.07) is 14.6. The fourth-order valence-electron chi connectivity index (χ4n) is 5.42. The number of fused-ring (bicyclic) bond motifs is 2. The summed E-state index contributed by atoms with van der Waals surface area (Å²) in [6.07, 6.45) is 5.31. The van der Waals surface area contributed by atoms with Gasteiger partial charge in [-0.1, -0.05) is 38.9 Å². The van der Waals surface area contributed by atoms with Gasteiger partial charge in [0.05, 0.1) is 22.4 Å². The molecular weight excluding hydrogens is 631 g/mol. The number of halogens is 2. The van der Waals surface area contributed by atoms with Crippen molar-refractivity contribution in [2.24, 2.45) is 0 Å². The maximum atomic E-state index is 14.6. The van der Waals surface area contributed by atoms with Crippen molar-refractivity contribution < 1.29 is 18.7 Å². The molecule has 48 heavy (non-hydrogen) atoms. The first kappa shape index (κ1) is 36.1. The number of carbonyl (C=O) groups is 2. The van der Waals surface area contributed by atoms with Crippen LogP contribution in [0.2, 0.25) is 5.02 Å². The highest BCUT2D eigenvalue weighted by molar-refractivity contribution is 6.35. The van der Waals surface area contributed by atoms with E-state index in [0.29, 0.717) is 59.7 Å². The Morgan fingerprint density at radius 3 is 2.50 bits per heavy atom. The Hall–Kier alpha value is -4.70. The molecule has 6 rings (SSSR count). The van der Waals surface area contributed by atoms with Gasteiger partial charge in [0.1, 0.15) is 11.4 Å². The van der Waals surface area contributed by atoms with Gasteiger partial charge < -0.3 is 24.8 Å². The predicted octanol–water partition coefficient (Wildman–Crippen LogP) is 8.14. The van der Waals surface area contributed by atoms with Crippen LogP contribution in [-0.2, 0) is 17.7 Å². The maximum Gasteiger partial charge on any atom is 0.410 e. The molecule has 0 radical (unpaired) electrons. The first-order valence-electron chi connectivity index (χ1n) is 15.8. The zero-order chi connectivity index (χ0) is 33.7. The number of aromatic amines is 1. The molecule has 1 saturated heterocycles. The molecule has 1 fully saturated rings. The summed E-state index contributed by atoms with van der Waals surface area (Å²) in [7, 11) is 0.